The van der Waals surface area contributed by atoms with E-state index in [0.29, 0.717) is 30.6 Å². The first kappa shape index (κ1) is 13.3. The number of rotatable bonds is 2. The molecule has 0 bridgehead atoms. The highest BCUT2D eigenvalue weighted by Gasteiger charge is 2.28. The Morgan fingerprint density at radius 2 is 1.90 bits per heavy atom. The van der Waals surface area contributed by atoms with Gasteiger partial charge in [0.2, 0.25) is 11.8 Å². The molecule has 4 amide bonds. The highest BCUT2D eigenvalue weighted by molar-refractivity contribution is 6.22. The topological polar surface area (TPSA) is 104 Å². The monoisotopic (exact) mass is 287 g/mol. The number of hydrogen-bond acceptors (Lipinski definition) is 4. The number of imide groups is 1. The van der Waals surface area contributed by atoms with Crippen LogP contribution >= 0.6 is 0 Å². The van der Waals surface area contributed by atoms with Crippen LogP contribution in [0.1, 0.15) is 33.6 Å². The Balaban J connectivity index is 1.72. The average Bonchev–Trinajstić information content (AvgIpc) is 2.74. The lowest BCUT2D eigenvalue weighted by atomic mass is 9.98. The third-order valence-corrected chi connectivity index (χ3v) is 3.64. The van der Waals surface area contributed by atoms with Crippen LogP contribution in [0.15, 0.2) is 18.2 Å². The van der Waals surface area contributed by atoms with E-state index < -0.39 is 11.8 Å². The smallest absolute Gasteiger partial charge is 0.259 e. The van der Waals surface area contributed by atoms with Gasteiger partial charge >= 0.3 is 0 Å². The van der Waals surface area contributed by atoms with Gasteiger partial charge in [0.25, 0.3) is 11.8 Å². The lowest BCUT2D eigenvalue weighted by molar-refractivity contribution is -0.126. The fraction of sp³-hybridized carbons (Fsp3) is 0.286. The molecule has 0 saturated carbocycles. The summed E-state index contributed by atoms with van der Waals surface area (Å²) < 4.78 is 0. The van der Waals surface area contributed by atoms with Crippen LogP contribution in [0.3, 0.4) is 0 Å². The molecular weight excluding hydrogens is 274 g/mol. The molecule has 0 radical (unpaired) electrons. The number of hydrogen-bond donors (Lipinski definition) is 3. The van der Waals surface area contributed by atoms with E-state index in [9.17, 15) is 19.2 Å². The standard InChI is InChI=1S/C14H13N3O4/c18-11-4-1-7(6-15-11)12(19)16-8-2-3-9-10(5-8)14(21)17-13(9)20/h2-3,5,7H,1,4,6H2,(H,15,18)(H,16,19)(H,17,20,21). The first-order chi connectivity index (χ1) is 10.0. The predicted molar refractivity (Wildman–Crippen MR) is 72.6 cm³/mol. The van der Waals surface area contributed by atoms with Crippen LogP contribution in [0.2, 0.25) is 0 Å². The molecule has 0 spiro atoms. The predicted octanol–water partition coefficient (Wildman–Crippen LogP) is 0.0349. The molecule has 2 heterocycles. The number of carbonyl (C=O) groups excluding carboxylic acids is 4. The summed E-state index contributed by atoms with van der Waals surface area (Å²) in [5, 5.41) is 7.55. The van der Waals surface area contributed by atoms with Gasteiger partial charge < -0.3 is 10.6 Å². The Kier molecular flexibility index (Phi) is 3.17. The van der Waals surface area contributed by atoms with Gasteiger partial charge in [0.1, 0.15) is 0 Å². The zero-order chi connectivity index (χ0) is 15.0. The summed E-state index contributed by atoms with van der Waals surface area (Å²) in [6.07, 6.45) is 0.834. The molecule has 0 aliphatic carbocycles. The van der Waals surface area contributed by atoms with Gasteiger partial charge in [0.15, 0.2) is 0 Å². The van der Waals surface area contributed by atoms with E-state index in [4.69, 9.17) is 0 Å². The van der Waals surface area contributed by atoms with E-state index >= 15 is 0 Å². The maximum atomic E-state index is 12.1. The molecule has 1 aromatic rings. The molecule has 3 N–H and O–H groups in total. The molecule has 2 aliphatic rings. The number of nitrogens with one attached hydrogen (secondary N) is 3. The normalized spacial score (nSPS) is 20.6. The fourth-order valence-electron chi connectivity index (χ4n) is 2.45. The Morgan fingerprint density at radius 3 is 2.62 bits per heavy atom. The maximum absolute atomic E-state index is 12.1. The van der Waals surface area contributed by atoms with Crippen LogP contribution in [0.25, 0.3) is 0 Å². The number of benzene rings is 1. The number of piperidine rings is 1. The third-order valence-electron chi connectivity index (χ3n) is 3.64. The van der Waals surface area contributed by atoms with Gasteiger partial charge in [-0.25, -0.2) is 0 Å². The van der Waals surface area contributed by atoms with Gasteiger partial charge in [-0.1, -0.05) is 0 Å². The lowest BCUT2D eigenvalue weighted by Crippen LogP contribution is -2.40. The molecular formula is C14H13N3O4. The Hall–Kier alpha value is -2.70. The first-order valence-electron chi connectivity index (χ1n) is 6.62. The minimum absolute atomic E-state index is 0.0493. The van der Waals surface area contributed by atoms with Crippen LogP contribution in [-0.2, 0) is 9.59 Å². The second-order valence-electron chi connectivity index (χ2n) is 5.07. The summed E-state index contributed by atoms with van der Waals surface area (Å²) in [5.41, 5.74) is 1.03. The lowest BCUT2D eigenvalue weighted by Gasteiger charge is -2.21. The van der Waals surface area contributed by atoms with E-state index in [1.165, 1.54) is 12.1 Å². The number of fused-ring (bicyclic) bond motifs is 1. The van der Waals surface area contributed by atoms with E-state index in [2.05, 4.69) is 16.0 Å². The van der Waals surface area contributed by atoms with Crippen molar-refractivity contribution >= 4 is 29.3 Å². The van der Waals surface area contributed by atoms with Crippen LogP contribution in [0.4, 0.5) is 5.69 Å². The van der Waals surface area contributed by atoms with Crippen LogP contribution in [0, 0.1) is 5.92 Å². The Bertz CT molecular complexity index is 658. The van der Waals surface area contributed by atoms with Crippen molar-refractivity contribution in [2.75, 3.05) is 11.9 Å². The van der Waals surface area contributed by atoms with Gasteiger partial charge in [0.05, 0.1) is 17.0 Å². The molecule has 0 aromatic heterocycles. The third kappa shape index (κ3) is 2.49. The molecule has 7 nitrogen and oxygen atoms in total. The quantitative estimate of drug-likeness (QED) is 0.668. The summed E-state index contributed by atoms with van der Waals surface area (Å²) in [6.45, 7) is 0.314. The SMILES string of the molecule is O=C1CCC(C(=O)Nc2ccc3c(c2)C(=O)NC3=O)CN1. The molecule has 1 fully saturated rings. The summed E-state index contributed by atoms with van der Waals surface area (Å²) in [4.78, 5) is 46.1. The van der Waals surface area contributed by atoms with E-state index in [-0.39, 0.29) is 23.3 Å². The van der Waals surface area contributed by atoms with Gasteiger partial charge in [-0.15, -0.1) is 0 Å². The van der Waals surface area contributed by atoms with Gasteiger partial charge in [0, 0.05) is 18.7 Å². The van der Waals surface area contributed by atoms with Crippen molar-refractivity contribution in [3.8, 4) is 0 Å². The van der Waals surface area contributed by atoms with E-state index in [0.717, 1.165) is 0 Å². The van der Waals surface area contributed by atoms with Gasteiger partial charge in [-0.3, -0.25) is 24.5 Å². The first-order valence-corrected chi connectivity index (χ1v) is 6.62. The second kappa shape index (κ2) is 5.01. The van der Waals surface area contributed by atoms with Crippen molar-refractivity contribution in [1.29, 1.82) is 0 Å². The summed E-state index contributed by atoms with van der Waals surface area (Å²) in [5.74, 6) is -1.43. The van der Waals surface area contributed by atoms with Gasteiger partial charge in [-0.2, -0.15) is 0 Å². The van der Waals surface area contributed by atoms with Crippen LogP contribution in [-0.4, -0.2) is 30.2 Å². The Morgan fingerprint density at radius 1 is 1.14 bits per heavy atom. The highest BCUT2D eigenvalue weighted by atomic mass is 16.2. The molecule has 1 unspecified atom stereocenters. The zero-order valence-electron chi connectivity index (χ0n) is 11.1. The second-order valence-corrected chi connectivity index (χ2v) is 5.07. The largest absolute Gasteiger partial charge is 0.355 e. The van der Waals surface area contributed by atoms with Crippen molar-refractivity contribution in [3.05, 3.63) is 29.3 Å². The van der Waals surface area contributed by atoms with Crippen LogP contribution in [0.5, 0.6) is 0 Å². The molecule has 2 aliphatic heterocycles. The van der Waals surface area contributed by atoms with Crippen molar-refractivity contribution in [2.24, 2.45) is 5.92 Å². The molecule has 108 valence electrons. The fourth-order valence-corrected chi connectivity index (χ4v) is 2.45. The minimum atomic E-state index is -0.462. The summed E-state index contributed by atoms with van der Waals surface area (Å²) in [6, 6.07) is 4.57. The van der Waals surface area contributed by atoms with E-state index in [1.54, 1.807) is 6.07 Å². The molecule has 3 rings (SSSR count). The van der Waals surface area contributed by atoms with Crippen molar-refractivity contribution < 1.29 is 19.2 Å². The molecule has 21 heavy (non-hydrogen) atoms. The van der Waals surface area contributed by atoms with Crippen molar-refractivity contribution in [3.63, 3.8) is 0 Å². The Labute approximate surface area is 120 Å². The van der Waals surface area contributed by atoms with E-state index in [1.807, 2.05) is 0 Å². The van der Waals surface area contributed by atoms with Crippen LogP contribution < -0.4 is 16.0 Å². The molecule has 1 saturated heterocycles. The maximum Gasteiger partial charge on any atom is 0.259 e. The summed E-state index contributed by atoms with van der Waals surface area (Å²) in [7, 11) is 0. The van der Waals surface area contributed by atoms with Crippen molar-refractivity contribution in [2.45, 2.75) is 12.8 Å². The summed E-state index contributed by atoms with van der Waals surface area (Å²) >= 11 is 0. The number of carbonyl (C=O) groups is 4. The number of amides is 4. The molecule has 1 aromatic carbocycles. The highest BCUT2D eigenvalue weighted by Crippen LogP contribution is 2.21. The molecule has 7 heteroatoms. The average molecular weight is 287 g/mol. The minimum Gasteiger partial charge on any atom is -0.355 e. The molecule has 1 atom stereocenters. The number of anilines is 1. The van der Waals surface area contributed by atoms with Crippen molar-refractivity contribution in [1.82, 2.24) is 10.6 Å². The zero-order valence-corrected chi connectivity index (χ0v) is 11.1. The van der Waals surface area contributed by atoms with Gasteiger partial charge in [-0.05, 0) is 24.6 Å².